The maximum atomic E-state index is 5.47. The van der Waals surface area contributed by atoms with Crippen LogP contribution in [0.25, 0.3) is 0 Å². The molecule has 1 aromatic rings. The fourth-order valence-electron chi connectivity index (χ4n) is 1.49. The second-order valence-corrected chi connectivity index (χ2v) is 3.77. The summed E-state index contributed by atoms with van der Waals surface area (Å²) in [6, 6.07) is 3.86. The molecular formula is C14H23IN4O. The van der Waals surface area contributed by atoms with Gasteiger partial charge in [0.1, 0.15) is 0 Å². The standard InChI is InChI=1S/C14H22N4O.HI/c1-4-9-17-14(15-5-2)18-11-12-8-7-10-16-13(12)19-6-3;/h4,7-8,10H,1,5-6,9,11H2,2-3H3,(H2,15,17,18);1H. The van der Waals surface area contributed by atoms with Gasteiger partial charge < -0.3 is 15.4 Å². The molecule has 0 fully saturated rings. The Hall–Kier alpha value is -1.31. The highest BCUT2D eigenvalue weighted by Crippen LogP contribution is 2.14. The van der Waals surface area contributed by atoms with Gasteiger partial charge in [-0.3, -0.25) is 0 Å². The number of hydrogen-bond acceptors (Lipinski definition) is 3. The molecule has 2 N–H and O–H groups in total. The fourth-order valence-corrected chi connectivity index (χ4v) is 1.49. The molecule has 1 rings (SSSR count). The first-order valence-electron chi connectivity index (χ1n) is 6.51. The summed E-state index contributed by atoms with van der Waals surface area (Å²) in [6.07, 6.45) is 3.52. The summed E-state index contributed by atoms with van der Waals surface area (Å²) in [5.41, 5.74) is 0.972. The van der Waals surface area contributed by atoms with Gasteiger partial charge >= 0.3 is 0 Å². The highest BCUT2D eigenvalue weighted by atomic mass is 127. The average Bonchev–Trinajstić information content (AvgIpc) is 2.43. The van der Waals surface area contributed by atoms with Crippen molar-refractivity contribution in [2.75, 3.05) is 19.7 Å². The summed E-state index contributed by atoms with van der Waals surface area (Å²) in [5.74, 6) is 1.40. The predicted molar refractivity (Wildman–Crippen MR) is 93.8 cm³/mol. The van der Waals surface area contributed by atoms with E-state index >= 15 is 0 Å². The minimum absolute atomic E-state index is 0. The van der Waals surface area contributed by atoms with E-state index < -0.39 is 0 Å². The first-order valence-corrected chi connectivity index (χ1v) is 6.51. The van der Waals surface area contributed by atoms with Crippen molar-refractivity contribution in [3.63, 3.8) is 0 Å². The Kier molecular flexibility index (Phi) is 10.8. The summed E-state index contributed by atoms with van der Waals surface area (Å²) in [7, 11) is 0. The van der Waals surface area contributed by atoms with Crippen molar-refractivity contribution >= 4 is 29.9 Å². The molecule has 0 unspecified atom stereocenters. The van der Waals surface area contributed by atoms with Crippen molar-refractivity contribution in [1.29, 1.82) is 0 Å². The Bertz CT molecular complexity index is 423. The Morgan fingerprint density at radius 3 is 2.90 bits per heavy atom. The van der Waals surface area contributed by atoms with E-state index in [4.69, 9.17) is 4.74 Å². The van der Waals surface area contributed by atoms with Crippen molar-refractivity contribution in [2.45, 2.75) is 20.4 Å². The second kappa shape index (κ2) is 11.5. The fraction of sp³-hybridized carbons (Fsp3) is 0.429. The molecule has 0 spiro atoms. The number of guanidine groups is 1. The van der Waals surface area contributed by atoms with E-state index in [-0.39, 0.29) is 24.0 Å². The molecule has 112 valence electrons. The lowest BCUT2D eigenvalue weighted by molar-refractivity contribution is 0.323. The highest BCUT2D eigenvalue weighted by molar-refractivity contribution is 14.0. The number of pyridine rings is 1. The third-order valence-corrected chi connectivity index (χ3v) is 2.30. The van der Waals surface area contributed by atoms with Crippen LogP contribution in [0.1, 0.15) is 19.4 Å². The van der Waals surface area contributed by atoms with Gasteiger partial charge in [-0.05, 0) is 19.9 Å². The third kappa shape index (κ3) is 6.74. The van der Waals surface area contributed by atoms with Crippen molar-refractivity contribution in [1.82, 2.24) is 15.6 Å². The summed E-state index contributed by atoms with van der Waals surface area (Å²) < 4.78 is 5.47. The SMILES string of the molecule is C=CCNC(=NCc1cccnc1OCC)NCC.I. The zero-order chi connectivity index (χ0) is 13.9. The molecule has 0 aromatic carbocycles. The van der Waals surface area contributed by atoms with Crippen LogP contribution in [0.3, 0.4) is 0 Å². The minimum Gasteiger partial charge on any atom is -0.478 e. The molecule has 0 amide bonds. The molecule has 5 nitrogen and oxygen atoms in total. The summed E-state index contributed by atoms with van der Waals surface area (Å²) in [4.78, 5) is 8.70. The summed E-state index contributed by atoms with van der Waals surface area (Å²) in [6.45, 7) is 10.3. The first-order chi connectivity index (χ1) is 9.31. The minimum atomic E-state index is 0. The summed E-state index contributed by atoms with van der Waals surface area (Å²) in [5, 5.41) is 6.32. The maximum Gasteiger partial charge on any atom is 0.218 e. The quantitative estimate of drug-likeness (QED) is 0.325. The molecule has 6 heteroatoms. The van der Waals surface area contributed by atoms with Crippen molar-refractivity contribution in [3.05, 3.63) is 36.5 Å². The number of ether oxygens (including phenoxy) is 1. The van der Waals surface area contributed by atoms with Gasteiger partial charge in [0, 0.05) is 24.8 Å². The smallest absolute Gasteiger partial charge is 0.218 e. The molecule has 0 atom stereocenters. The highest BCUT2D eigenvalue weighted by Gasteiger charge is 2.03. The van der Waals surface area contributed by atoms with Gasteiger partial charge in [0.15, 0.2) is 5.96 Å². The lowest BCUT2D eigenvalue weighted by Crippen LogP contribution is -2.37. The van der Waals surface area contributed by atoms with Crippen molar-refractivity contribution in [3.8, 4) is 5.88 Å². The predicted octanol–water partition coefficient (Wildman–Crippen LogP) is 2.34. The van der Waals surface area contributed by atoms with E-state index in [1.807, 2.05) is 26.0 Å². The van der Waals surface area contributed by atoms with Crippen molar-refractivity contribution in [2.24, 2.45) is 4.99 Å². The van der Waals surface area contributed by atoms with E-state index in [2.05, 4.69) is 27.2 Å². The van der Waals surface area contributed by atoms with Crippen LogP contribution in [0.2, 0.25) is 0 Å². The zero-order valence-electron chi connectivity index (χ0n) is 12.1. The van der Waals surface area contributed by atoms with E-state index in [9.17, 15) is 0 Å². The number of nitrogens with zero attached hydrogens (tertiary/aromatic N) is 2. The molecule has 0 aliphatic carbocycles. The Morgan fingerprint density at radius 2 is 2.25 bits per heavy atom. The van der Waals surface area contributed by atoms with E-state index in [0.29, 0.717) is 25.6 Å². The lowest BCUT2D eigenvalue weighted by Gasteiger charge is -2.10. The Morgan fingerprint density at radius 1 is 1.45 bits per heavy atom. The van der Waals surface area contributed by atoms with Crippen LogP contribution in [-0.2, 0) is 6.54 Å². The van der Waals surface area contributed by atoms with E-state index in [0.717, 1.165) is 18.1 Å². The molecule has 1 aromatic heterocycles. The number of hydrogen-bond donors (Lipinski definition) is 2. The van der Waals surface area contributed by atoms with Gasteiger partial charge in [-0.2, -0.15) is 0 Å². The number of aromatic nitrogens is 1. The Labute approximate surface area is 137 Å². The molecule has 0 aliphatic heterocycles. The summed E-state index contributed by atoms with van der Waals surface area (Å²) >= 11 is 0. The van der Waals surface area contributed by atoms with Gasteiger partial charge in [0.2, 0.25) is 5.88 Å². The van der Waals surface area contributed by atoms with E-state index in [1.54, 1.807) is 12.3 Å². The van der Waals surface area contributed by atoms with Crippen LogP contribution in [0.15, 0.2) is 36.0 Å². The largest absolute Gasteiger partial charge is 0.478 e. The number of rotatable bonds is 7. The van der Waals surface area contributed by atoms with E-state index in [1.165, 1.54) is 0 Å². The van der Waals surface area contributed by atoms with Crippen LogP contribution in [0, 0.1) is 0 Å². The van der Waals surface area contributed by atoms with Crippen LogP contribution in [-0.4, -0.2) is 30.6 Å². The van der Waals surface area contributed by atoms with Gasteiger partial charge in [-0.1, -0.05) is 12.1 Å². The monoisotopic (exact) mass is 390 g/mol. The maximum absolute atomic E-state index is 5.47. The van der Waals surface area contributed by atoms with Gasteiger partial charge in [0.25, 0.3) is 0 Å². The molecule has 20 heavy (non-hydrogen) atoms. The molecule has 0 bridgehead atoms. The molecule has 0 saturated carbocycles. The normalized spacial score (nSPS) is 10.4. The molecule has 0 aliphatic rings. The van der Waals surface area contributed by atoms with Gasteiger partial charge in [-0.25, -0.2) is 9.98 Å². The second-order valence-electron chi connectivity index (χ2n) is 3.77. The zero-order valence-corrected chi connectivity index (χ0v) is 14.4. The first kappa shape index (κ1) is 18.7. The Balaban J connectivity index is 0.00000361. The van der Waals surface area contributed by atoms with Crippen molar-refractivity contribution < 1.29 is 4.74 Å². The molecule has 0 saturated heterocycles. The van der Waals surface area contributed by atoms with Gasteiger partial charge in [-0.15, -0.1) is 30.6 Å². The molecule has 1 heterocycles. The third-order valence-electron chi connectivity index (χ3n) is 2.30. The number of aliphatic imine (C=N–C) groups is 1. The van der Waals surface area contributed by atoms with Crippen LogP contribution in [0.5, 0.6) is 5.88 Å². The van der Waals surface area contributed by atoms with Crippen LogP contribution >= 0.6 is 24.0 Å². The molecular weight excluding hydrogens is 367 g/mol. The lowest BCUT2D eigenvalue weighted by atomic mass is 10.3. The van der Waals surface area contributed by atoms with Gasteiger partial charge in [0.05, 0.1) is 13.2 Å². The van der Waals surface area contributed by atoms with Crippen LogP contribution in [0.4, 0.5) is 0 Å². The number of nitrogens with one attached hydrogen (secondary N) is 2. The topological polar surface area (TPSA) is 58.5 Å². The average molecular weight is 390 g/mol. The number of halogens is 1. The molecule has 0 radical (unpaired) electrons. The van der Waals surface area contributed by atoms with Crippen LogP contribution < -0.4 is 15.4 Å².